The molecule has 1 aliphatic rings. The third-order valence-corrected chi connectivity index (χ3v) is 3.81. The molecule has 0 aliphatic heterocycles. The van der Waals surface area contributed by atoms with E-state index in [2.05, 4.69) is 10.4 Å². The highest BCUT2D eigenvalue weighted by molar-refractivity contribution is 6.03. The zero-order valence-corrected chi connectivity index (χ0v) is 14.3. The zero-order valence-electron chi connectivity index (χ0n) is 14.3. The lowest BCUT2D eigenvalue weighted by Crippen LogP contribution is -2.26. The molecule has 1 heterocycles. The van der Waals surface area contributed by atoms with Gasteiger partial charge in [-0.25, -0.2) is 9.48 Å². The largest absolute Gasteiger partial charge is 0.461 e. The number of esters is 1. The van der Waals surface area contributed by atoms with Crippen molar-refractivity contribution in [3.8, 4) is 11.8 Å². The van der Waals surface area contributed by atoms with Gasteiger partial charge in [0.2, 0.25) is 0 Å². The van der Waals surface area contributed by atoms with Gasteiger partial charge in [-0.2, -0.15) is 10.4 Å². The molecule has 1 saturated carbocycles. The van der Waals surface area contributed by atoms with Gasteiger partial charge in [-0.05, 0) is 38.0 Å². The summed E-state index contributed by atoms with van der Waals surface area (Å²) in [6.45, 7) is 1.90. The van der Waals surface area contributed by atoms with Gasteiger partial charge < -0.3 is 10.1 Å². The summed E-state index contributed by atoms with van der Waals surface area (Å²) in [5.41, 5.74) is 1.09. The lowest BCUT2D eigenvalue weighted by atomic mass is 10.1. The van der Waals surface area contributed by atoms with Gasteiger partial charge in [0.1, 0.15) is 11.6 Å². The van der Waals surface area contributed by atoms with Crippen molar-refractivity contribution in [2.45, 2.75) is 25.8 Å². The molecule has 1 aliphatic carbocycles. The molecule has 7 heteroatoms. The number of nitrogens with zero attached hydrogens (tertiary/aromatic N) is 3. The number of rotatable bonds is 6. The molecule has 1 N–H and O–H groups in total. The van der Waals surface area contributed by atoms with Crippen molar-refractivity contribution in [3.63, 3.8) is 0 Å². The molecule has 1 aromatic carbocycles. The third kappa shape index (κ3) is 3.98. The summed E-state index contributed by atoms with van der Waals surface area (Å²) >= 11 is 0. The van der Waals surface area contributed by atoms with E-state index in [4.69, 9.17) is 4.74 Å². The predicted octanol–water partition coefficient (Wildman–Crippen LogP) is 2.23. The molecule has 0 saturated heterocycles. The Kier molecular flexibility index (Phi) is 5.13. The Hall–Kier alpha value is -3.40. The van der Waals surface area contributed by atoms with Crippen molar-refractivity contribution >= 4 is 18.0 Å². The fourth-order valence-corrected chi connectivity index (χ4v) is 2.36. The van der Waals surface area contributed by atoms with Gasteiger partial charge in [0.05, 0.1) is 12.3 Å². The molecule has 0 bridgehead atoms. The molecule has 0 atom stereocenters. The maximum atomic E-state index is 12.2. The number of carbonyl (C=O) groups is 2. The summed E-state index contributed by atoms with van der Waals surface area (Å²) in [5, 5.41) is 16.4. The van der Waals surface area contributed by atoms with Crippen molar-refractivity contribution in [1.29, 1.82) is 5.26 Å². The summed E-state index contributed by atoms with van der Waals surface area (Å²) in [6, 6.07) is 11.3. The maximum Gasteiger partial charge on any atom is 0.359 e. The van der Waals surface area contributed by atoms with E-state index < -0.39 is 11.9 Å². The van der Waals surface area contributed by atoms with Crippen molar-refractivity contribution < 1.29 is 14.3 Å². The second-order valence-corrected chi connectivity index (χ2v) is 5.85. The molecule has 7 nitrogen and oxygen atoms in total. The Morgan fingerprint density at radius 1 is 1.38 bits per heavy atom. The molecule has 0 unspecified atom stereocenters. The molecular weight excluding hydrogens is 332 g/mol. The molecule has 3 rings (SSSR count). The van der Waals surface area contributed by atoms with Crippen LogP contribution in [0.4, 0.5) is 0 Å². The SMILES string of the molecule is CCOC(=O)c1nn(-c2ccccc2)cc1C=C(C#N)C(=O)NC1CC1. The van der Waals surface area contributed by atoms with Crippen LogP contribution in [0.5, 0.6) is 0 Å². The molecule has 132 valence electrons. The number of nitrogens with one attached hydrogen (secondary N) is 1. The first-order chi connectivity index (χ1) is 12.6. The average molecular weight is 350 g/mol. The Balaban J connectivity index is 1.99. The van der Waals surface area contributed by atoms with E-state index in [1.807, 2.05) is 36.4 Å². The van der Waals surface area contributed by atoms with Crippen molar-refractivity contribution in [2.75, 3.05) is 6.61 Å². The lowest BCUT2D eigenvalue weighted by molar-refractivity contribution is -0.117. The fourth-order valence-electron chi connectivity index (χ4n) is 2.36. The summed E-state index contributed by atoms with van der Waals surface area (Å²) in [5.74, 6) is -1.05. The van der Waals surface area contributed by atoms with Crippen molar-refractivity contribution in [2.24, 2.45) is 0 Å². The standard InChI is InChI=1S/C19H18N4O3/c1-2-26-19(25)17-14(10-13(11-20)18(24)21-15-8-9-15)12-23(22-17)16-6-4-3-5-7-16/h3-7,10,12,15H,2,8-9H2,1H3,(H,21,24). The molecule has 1 fully saturated rings. The third-order valence-electron chi connectivity index (χ3n) is 3.81. The second kappa shape index (κ2) is 7.66. The molecule has 0 spiro atoms. The van der Waals surface area contributed by atoms with E-state index in [1.54, 1.807) is 13.1 Å². The number of benzene rings is 1. The maximum absolute atomic E-state index is 12.2. The van der Waals surface area contributed by atoms with Gasteiger partial charge in [-0.3, -0.25) is 4.79 Å². The van der Waals surface area contributed by atoms with Crippen LogP contribution in [-0.4, -0.2) is 34.3 Å². The van der Waals surface area contributed by atoms with Crippen LogP contribution in [0.1, 0.15) is 35.8 Å². The highest BCUT2D eigenvalue weighted by Crippen LogP contribution is 2.20. The second-order valence-electron chi connectivity index (χ2n) is 5.85. The number of para-hydroxylation sites is 1. The van der Waals surface area contributed by atoms with E-state index in [0.717, 1.165) is 18.5 Å². The van der Waals surface area contributed by atoms with E-state index >= 15 is 0 Å². The monoisotopic (exact) mass is 350 g/mol. The Morgan fingerprint density at radius 2 is 2.12 bits per heavy atom. The number of hydrogen-bond donors (Lipinski definition) is 1. The molecule has 0 radical (unpaired) electrons. The highest BCUT2D eigenvalue weighted by atomic mass is 16.5. The van der Waals surface area contributed by atoms with Crippen LogP contribution in [0.25, 0.3) is 11.8 Å². The van der Waals surface area contributed by atoms with Crippen LogP contribution >= 0.6 is 0 Å². The number of amides is 1. The van der Waals surface area contributed by atoms with Gasteiger partial charge in [-0.1, -0.05) is 18.2 Å². The first-order valence-corrected chi connectivity index (χ1v) is 8.37. The highest BCUT2D eigenvalue weighted by Gasteiger charge is 2.25. The average Bonchev–Trinajstić information content (AvgIpc) is 3.36. The van der Waals surface area contributed by atoms with Gasteiger partial charge in [0, 0.05) is 17.8 Å². The van der Waals surface area contributed by atoms with Crippen LogP contribution in [0.3, 0.4) is 0 Å². The van der Waals surface area contributed by atoms with Crippen molar-refractivity contribution in [1.82, 2.24) is 15.1 Å². The lowest BCUT2D eigenvalue weighted by Gasteiger charge is -2.02. The Labute approximate surface area is 150 Å². The quantitative estimate of drug-likeness (QED) is 0.489. The number of hydrogen-bond acceptors (Lipinski definition) is 5. The van der Waals surface area contributed by atoms with Crippen molar-refractivity contribution in [3.05, 3.63) is 53.4 Å². The van der Waals surface area contributed by atoms with Crippen LogP contribution in [-0.2, 0) is 9.53 Å². The van der Waals surface area contributed by atoms with Crippen LogP contribution in [0.2, 0.25) is 0 Å². The van der Waals surface area contributed by atoms with E-state index in [1.165, 1.54) is 10.8 Å². The van der Waals surface area contributed by atoms with Crippen LogP contribution in [0, 0.1) is 11.3 Å². The summed E-state index contributed by atoms with van der Waals surface area (Å²) in [4.78, 5) is 24.4. The van der Waals surface area contributed by atoms with Crippen LogP contribution < -0.4 is 5.32 Å². The van der Waals surface area contributed by atoms with E-state index in [-0.39, 0.29) is 23.9 Å². The normalized spacial score (nSPS) is 13.8. The van der Waals surface area contributed by atoms with Gasteiger partial charge in [0.25, 0.3) is 5.91 Å². The Morgan fingerprint density at radius 3 is 2.73 bits per heavy atom. The molecule has 26 heavy (non-hydrogen) atoms. The number of carbonyl (C=O) groups excluding carboxylic acids is 2. The fraction of sp³-hybridized carbons (Fsp3) is 0.263. The van der Waals surface area contributed by atoms with E-state index in [9.17, 15) is 14.9 Å². The van der Waals surface area contributed by atoms with Crippen LogP contribution in [0.15, 0.2) is 42.1 Å². The minimum absolute atomic E-state index is 0.0580. The van der Waals surface area contributed by atoms with Gasteiger partial charge >= 0.3 is 5.97 Å². The first kappa shape index (κ1) is 17.4. The molecule has 1 amide bonds. The predicted molar refractivity (Wildman–Crippen MR) is 94.3 cm³/mol. The number of nitriles is 1. The van der Waals surface area contributed by atoms with E-state index in [0.29, 0.717) is 5.56 Å². The zero-order chi connectivity index (χ0) is 18.5. The topological polar surface area (TPSA) is 97.0 Å². The number of ether oxygens (including phenoxy) is 1. The summed E-state index contributed by atoms with van der Waals surface area (Å²) in [7, 11) is 0. The number of aromatic nitrogens is 2. The Bertz CT molecular complexity index is 889. The van der Waals surface area contributed by atoms with Gasteiger partial charge in [-0.15, -0.1) is 0 Å². The molecular formula is C19H18N4O3. The summed E-state index contributed by atoms with van der Waals surface area (Å²) < 4.78 is 6.56. The molecule has 1 aromatic heterocycles. The minimum Gasteiger partial charge on any atom is -0.461 e. The summed E-state index contributed by atoms with van der Waals surface area (Å²) in [6.07, 6.45) is 4.81. The first-order valence-electron chi connectivity index (χ1n) is 8.37. The minimum atomic E-state index is -0.603. The smallest absolute Gasteiger partial charge is 0.359 e. The van der Waals surface area contributed by atoms with Gasteiger partial charge in [0.15, 0.2) is 5.69 Å². The molecule has 2 aromatic rings.